The molecule has 0 saturated heterocycles. The molecule has 0 saturated carbocycles. The molecule has 0 unspecified atom stereocenters. The first-order valence-corrected chi connectivity index (χ1v) is 18.2. The predicted molar refractivity (Wildman–Crippen MR) is 199 cm³/mol. The van der Waals surface area contributed by atoms with Gasteiger partial charge in [0.05, 0.1) is 4.90 Å². The average molecular weight is 679 g/mol. The van der Waals surface area contributed by atoms with Crippen molar-refractivity contribution in [3.8, 4) is 0 Å². The number of hydrogen-bond donors (Lipinski definition) is 1. The van der Waals surface area contributed by atoms with Crippen molar-refractivity contribution in [1.82, 2.24) is 0 Å². The summed E-state index contributed by atoms with van der Waals surface area (Å²) in [5.41, 5.74) is 6.62. The van der Waals surface area contributed by atoms with Crippen molar-refractivity contribution in [2.75, 3.05) is 50.3 Å². The summed E-state index contributed by atoms with van der Waals surface area (Å²) in [5, 5.41) is 0. The largest absolute Gasteiger partial charge is 0.385 e. The first kappa shape index (κ1) is 35.8. The molecule has 0 aliphatic carbocycles. The molecule has 8 heteroatoms. The van der Waals surface area contributed by atoms with Crippen molar-refractivity contribution in [2.24, 2.45) is 0 Å². The average Bonchev–Trinajstić information content (AvgIpc) is 3.13. The van der Waals surface area contributed by atoms with Gasteiger partial charge in [-0.3, -0.25) is 4.55 Å². The summed E-state index contributed by atoms with van der Waals surface area (Å²) in [6, 6.07) is 43.9. The topological polar surface area (TPSA) is 79.3 Å². The Labute approximate surface area is 291 Å². The number of benzene rings is 5. The van der Waals surface area contributed by atoms with Crippen LogP contribution in [0.2, 0.25) is 0 Å². The molecule has 0 aromatic heterocycles. The molecule has 7 nitrogen and oxygen atoms in total. The van der Waals surface area contributed by atoms with Gasteiger partial charge in [0.25, 0.3) is 10.1 Å². The fraction of sp³-hybridized carbons (Fsp3) is 0.268. The SMILES string of the molecule is COCCCCN(c1ccccc1)c1ccc(C(c2ccc(N(CCCCOC)c3ccccc3)cc2)c2ccccc2S(=O)(=O)O)cc1. The summed E-state index contributed by atoms with van der Waals surface area (Å²) in [6.45, 7) is 3.08. The van der Waals surface area contributed by atoms with E-state index in [1.54, 1.807) is 26.4 Å². The van der Waals surface area contributed by atoms with Crippen LogP contribution in [0.5, 0.6) is 0 Å². The Morgan fingerprint density at radius 3 is 1.33 bits per heavy atom. The van der Waals surface area contributed by atoms with Gasteiger partial charge in [-0.05, 0) is 97.0 Å². The first-order valence-electron chi connectivity index (χ1n) is 16.8. The summed E-state index contributed by atoms with van der Waals surface area (Å²) in [5.74, 6) is -0.444. The number of hydrogen-bond acceptors (Lipinski definition) is 6. The number of nitrogens with zero attached hydrogens (tertiary/aromatic N) is 2. The molecule has 0 heterocycles. The standard InChI is InChI=1S/C41H46N2O5S/c1-47-31-13-11-29-42(35-15-5-3-6-16-35)37-25-21-33(22-26-37)41(39-19-9-10-20-40(39)49(44,45)46)34-23-27-38(28-24-34)43(30-12-14-32-48-2)36-17-7-4-8-18-36/h3-10,15-28,41H,11-14,29-32H2,1-2H3,(H,44,45,46). The number of methoxy groups -OCH3 is 2. The van der Waals surface area contributed by atoms with Gasteiger partial charge in [-0.1, -0.05) is 78.9 Å². The van der Waals surface area contributed by atoms with Gasteiger partial charge < -0.3 is 19.3 Å². The zero-order valence-corrected chi connectivity index (χ0v) is 29.1. The van der Waals surface area contributed by atoms with Gasteiger partial charge in [-0.25, -0.2) is 0 Å². The fourth-order valence-electron chi connectivity index (χ4n) is 6.26. The van der Waals surface area contributed by atoms with Crippen molar-refractivity contribution >= 4 is 32.9 Å². The maximum atomic E-state index is 12.6. The smallest absolute Gasteiger partial charge is 0.294 e. The molecule has 0 spiro atoms. The molecular formula is C41H46N2O5S. The quantitative estimate of drug-likeness (QED) is 0.0562. The third-order valence-electron chi connectivity index (χ3n) is 8.68. The molecule has 0 aliphatic heterocycles. The van der Waals surface area contributed by atoms with Crippen LogP contribution in [0.4, 0.5) is 22.7 Å². The maximum Gasteiger partial charge on any atom is 0.294 e. The molecule has 256 valence electrons. The highest BCUT2D eigenvalue weighted by Gasteiger charge is 2.25. The minimum Gasteiger partial charge on any atom is -0.385 e. The molecule has 0 amide bonds. The summed E-state index contributed by atoms with van der Waals surface area (Å²) in [6.07, 6.45) is 3.84. The van der Waals surface area contributed by atoms with E-state index in [1.165, 1.54) is 6.07 Å². The van der Waals surface area contributed by atoms with Crippen LogP contribution in [0.25, 0.3) is 0 Å². The van der Waals surface area contributed by atoms with Crippen molar-refractivity contribution in [3.63, 3.8) is 0 Å². The van der Waals surface area contributed by atoms with Gasteiger partial charge in [0.2, 0.25) is 0 Å². The number of ether oxygens (including phenoxy) is 2. The van der Waals surface area contributed by atoms with Crippen LogP contribution in [0.1, 0.15) is 48.3 Å². The van der Waals surface area contributed by atoms with E-state index in [-0.39, 0.29) is 4.90 Å². The van der Waals surface area contributed by atoms with Crippen molar-refractivity contribution < 1.29 is 22.4 Å². The lowest BCUT2D eigenvalue weighted by atomic mass is 9.85. The Kier molecular flexibility index (Phi) is 13.0. The zero-order valence-electron chi connectivity index (χ0n) is 28.3. The van der Waals surface area contributed by atoms with E-state index in [9.17, 15) is 13.0 Å². The highest BCUT2D eigenvalue weighted by Crippen LogP contribution is 2.38. The Bertz CT molecular complexity index is 1720. The predicted octanol–water partition coefficient (Wildman–Crippen LogP) is 9.24. The van der Waals surface area contributed by atoms with Crippen LogP contribution >= 0.6 is 0 Å². The Morgan fingerprint density at radius 1 is 0.531 bits per heavy atom. The molecule has 5 rings (SSSR count). The summed E-state index contributed by atoms with van der Waals surface area (Å²) in [4.78, 5) is 4.49. The molecule has 0 aliphatic rings. The summed E-state index contributed by atoms with van der Waals surface area (Å²) in [7, 11) is -1.03. The van der Waals surface area contributed by atoms with E-state index in [1.807, 2.05) is 42.5 Å². The normalized spacial score (nSPS) is 11.5. The summed E-state index contributed by atoms with van der Waals surface area (Å²) < 4.78 is 46.1. The fourth-order valence-corrected chi connectivity index (χ4v) is 7.00. The Hall–Kier alpha value is -4.47. The molecule has 49 heavy (non-hydrogen) atoms. The van der Waals surface area contributed by atoms with E-state index in [2.05, 4.69) is 82.6 Å². The molecule has 5 aromatic rings. The van der Waals surface area contributed by atoms with E-state index in [0.717, 1.165) is 72.6 Å². The van der Waals surface area contributed by atoms with Crippen LogP contribution in [-0.2, 0) is 19.6 Å². The van der Waals surface area contributed by atoms with Crippen molar-refractivity contribution in [2.45, 2.75) is 36.5 Å². The van der Waals surface area contributed by atoms with Crippen LogP contribution in [0.15, 0.2) is 138 Å². The van der Waals surface area contributed by atoms with Gasteiger partial charge >= 0.3 is 0 Å². The third kappa shape index (κ3) is 9.58. The Morgan fingerprint density at radius 2 is 0.918 bits per heavy atom. The minimum absolute atomic E-state index is 0.0961. The van der Waals surface area contributed by atoms with Gasteiger partial charge in [-0.15, -0.1) is 0 Å². The Balaban J connectivity index is 1.53. The number of rotatable bonds is 18. The minimum atomic E-state index is -4.48. The second-order valence-electron chi connectivity index (χ2n) is 12.0. The molecule has 0 bridgehead atoms. The lowest BCUT2D eigenvalue weighted by molar-refractivity contribution is 0.193. The van der Waals surface area contributed by atoms with Crippen molar-refractivity contribution in [1.29, 1.82) is 0 Å². The summed E-state index contributed by atoms with van der Waals surface area (Å²) >= 11 is 0. The maximum absolute atomic E-state index is 12.6. The molecule has 0 radical (unpaired) electrons. The first-order chi connectivity index (χ1) is 23.9. The number of anilines is 4. The van der Waals surface area contributed by atoms with Crippen LogP contribution in [0, 0.1) is 0 Å². The van der Waals surface area contributed by atoms with Crippen molar-refractivity contribution in [3.05, 3.63) is 150 Å². The molecule has 0 fully saturated rings. The molecule has 5 aromatic carbocycles. The second kappa shape index (κ2) is 17.8. The van der Waals surface area contributed by atoms with E-state index in [0.29, 0.717) is 18.8 Å². The molecular weight excluding hydrogens is 633 g/mol. The van der Waals surface area contributed by atoms with Crippen LogP contribution in [-0.4, -0.2) is 53.5 Å². The van der Waals surface area contributed by atoms with E-state index < -0.39 is 16.0 Å². The third-order valence-corrected chi connectivity index (χ3v) is 9.61. The van der Waals surface area contributed by atoms with Gasteiger partial charge in [-0.2, -0.15) is 8.42 Å². The molecule has 0 atom stereocenters. The number of para-hydroxylation sites is 2. The highest BCUT2D eigenvalue weighted by molar-refractivity contribution is 7.85. The van der Waals surface area contributed by atoms with Gasteiger partial charge in [0.15, 0.2) is 0 Å². The monoisotopic (exact) mass is 678 g/mol. The zero-order chi connectivity index (χ0) is 34.5. The van der Waals surface area contributed by atoms with Crippen LogP contribution < -0.4 is 9.80 Å². The number of unbranched alkanes of at least 4 members (excludes halogenated alkanes) is 2. The van der Waals surface area contributed by atoms with Crippen LogP contribution in [0.3, 0.4) is 0 Å². The molecule has 1 N–H and O–H groups in total. The van der Waals surface area contributed by atoms with Gasteiger partial charge in [0.1, 0.15) is 0 Å². The van der Waals surface area contributed by atoms with E-state index in [4.69, 9.17) is 9.47 Å². The van der Waals surface area contributed by atoms with E-state index >= 15 is 0 Å². The van der Waals surface area contributed by atoms with Gasteiger partial charge in [0, 0.05) is 69.2 Å². The highest BCUT2D eigenvalue weighted by atomic mass is 32.2. The lowest BCUT2D eigenvalue weighted by Crippen LogP contribution is -2.19. The lowest BCUT2D eigenvalue weighted by Gasteiger charge is -2.27. The second-order valence-corrected chi connectivity index (χ2v) is 13.4.